The van der Waals surface area contributed by atoms with Gasteiger partial charge in [0.1, 0.15) is 0 Å². The summed E-state index contributed by atoms with van der Waals surface area (Å²) in [6.45, 7) is 1.81. The number of fused-ring (bicyclic) bond motifs is 1. The lowest BCUT2D eigenvalue weighted by atomic mass is 10.2. The van der Waals surface area contributed by atoms with Gasteiger partial charge in [0, 0.05) is 13.1 Å². The summed E-state index contributed by atoms with van der Waals surface area (Å²) in [5.41, 5.74) is 3.81. The van der Waals surface area contributed by atoms with Gasteiger partial charge in [0.05, 0.1) is 28.0 Å². The number of aromatic nitrogens is 2. The van der Waals surface area contributed by atoms with Crippen LogP contribution in [0.25, 0.3) is 17.1 Å². The molecule has 2 heterocycles. The second-order valence-corrected chi connectivity index (χ2v) is 7.84. The Morgan fingerprint density at radius 1 is 1.21 bits per heavy atom. The molecule has 1 amide bonds. The van der Waals surface area contributed by atoms with Crippen molar-refractivity contribution in [3.05, 3.63) is 65.3 Å². The van der Waals surface area contributed by atoms with Crippen LogP contribution in [0.3, 0.4) is 0 Å². The van der Waals surface area contributed by atoms with Crippen molar-refractivity contribution in [2.24, 2.45) is 4.99 Å². The first kappa shape index (κ1) is 18.5. The molecule has 0 atom stereocenters. The zero-order valence-electron chi connectivity index (χ0n) is 15.8. The molecular formula is C21H21N5OS. The second kappa shape index (κ2) is 8.00. The molecule has 0 radical (unpaired) electrons. The minimum absolute atomic E-state index is 0.124. The SMILES string of the molecule is CN(C)CCn1cnc2ccc(/C=C3/SC(=Nc4ccccc4)NC3=O)cc21. The standard InChI is InChI=1S/C21H21N5OS/c1-25(2)10-11-26-14-22-17-9-8-15(12-18(17)26)13-19-20(27)24-21(28-19)23-16-6-4-3-5-7-16/h3-9,12-14H,10-11H2,1-2H3,(H,23,24,27)/b19-13+. The molecule has 4 rings (SSSR count). The number of nitrogens with one attached hydrogen (secondary N) is 1. The second-order valence-electron chi connectivity index (χ2n) is 6.81. The van der Waals surface area contributed by atoms with Crippen LogP contribution in [0, 0.1) is 0 Å². The highest BCUT2D eigenvalue weighted by molar-refractivity contribution is 8.18. The Morgan fingerprint density at radius 2 is 2.04 bits per heavy atom. The fourth-order valence-electron chi connectivity index (χ4n) is 2.90. The zero-order valence-corrected chi connectivity index (χ0v) is 16.6. The Hall–Kier alpha value is -2.90. The predicted octanol–water partition coefficient (Wildman–Crippen LogP) is 3.49. The number of amidine groups is 1. The van der Waals surface area contributed by atoms with Crippen LogP contribution < -0.4 is 5.32 Å². The van der Waals surface area contributed by atoms with Gasteiger partial charge in [-0.3, -0.25) is 4.79 Å². The van der Waals surface area contributed by atoms with E-state index in [1.165, 1.54) is 11.8 Å². The number of nitrogens with zero attached hydrogens (tertiary/aromatic N) is 4. The van der Waals surface area contributed by atoms with Gasteiger partial charge in [-0.25, -0.2) is 9.98 Å². The number of aliphatic imine (C=N–C) groups is 1. The molecule has 28 heavy (non-hydrogen) atoms. The molecule has 6 nitrogen and oxygen atoms in total. The Balaban J connectivity index is 1.58. The first-order chi connectivity index (χ1) is 13.6. The minimum atomic E-state index is -0.124. The van der Waals surface area contributed by atoms with Gasteiger partial charge in [0.2, 0.25) is 0 Å². The number of amides is 1. The topological polar surface area (TPSA) is 62.5 Å². The van der Waals surface area contributed by atoms with E-state index in [-0.39, 0.29) is 5.91 Å². The van der Waals surface area contributed by atoms with E-state index >= 15 is 0 Å². The summed E-state index contributed by atoms with van der Waals surface area (Å²) >= 11 is 1.36. The average Bonchev–Trinajstić information content (AvgIpc) is 3.24. The van der Waals surface area contributed by atoms with Crippen LogP contribution in [0.4, 0.5) is 5.69 Å². The number of thioether (sulfide) groups is 1. The molecule has 3 aromatic rings. The Labute approximate surface area is 168 Å². The largest absolute Gasteiger partial charge is 0.329 e. The summed E-state index contributed by atoms with van der Waals surface area (Å²) < 4.78 is 2.14. The van der Waals surface area contributed by atoms with E-state index in [1.807, 2.05) is 54.9 Å². The monoisotopic (exact) mass is 391 g/mol. The number of para-hydroxylation sites is 1. The molecule has 0 bridgehead atoms. The maximum Gasteiger partial charge on any atom is 0.264 e. The van der Waals surface area contributed by atoms with Crippen molar-refractivity contribution in [2.75, 3.05) is 20.6 Å². The summed E-state index contributed by atoms with van der Waals surface area (Å²) in [5, 5.41) is 3.43. The molecule has 0 unspecified atom stereocenters. The normalized spacial score (nSPS) is 17.2. The van der Waals surface area contributed by atoms with Crippen molar-refractivity contribution in [1.82, 2.24) is 19.8 Å². The average molecular weight is 392 g/mol. The number of likely N-dealkylation sites (N-methyl/N-ethyl adjacent to an activating group) is 1. The molecule has 1 N–H and O–H groups in total. The van der Waals surface area contributed by atoms with Crippen LogP contribution in [-0.2, 0) is 11.3 Å². The van der Waals surface area contributed by atoms with Gasteiger partial charge < -0.3 is 14.8 Å². The van der Waals surface area contributed by atoms with Gasteiger partial charge in [-0.05, 0) is 61.8 Å². The first-order valence-corrected chi connectivity index (χ1v) is 9.84. The smallest absolute Gasteiger partial charge is 0.264 e. The van der Waals surface area contributed by atoms with Crippen molar-refractivity contribution in [2.45, 2.75) is 6.54 Å². The maximum absolute atomic E-state index is 12.3. The van der Waals surface area contributed by atoms with Gasteiger partial charge in [-0.2, -0.15) is 0 Å². The fraction of sp³-hybridized carbons (Fsp3) is 0.190. The van der Waals surface area contributed by atoms with Gasteiger partial charge in [-0.15, -0.1) is 0 Å². The Morgan fingerprint density at radius 3 is 2.82 bits per heavy atom. The third kappa shape index (κ3) is 4.16. The van der Waals surface area contributed by atoms with Crippen LogP contribution in [0.2, 0.25) is 0 Å². The molecule has 1 aliphatic heterocycles. The number of carbonyl (C=O) groups is 1. The molecule has 0 aliphatic carbocycles. The Bertz CT molecular complexity index is 1070. The summed E-state index contributed by atoms with van der Waals surface area (Å²) in [6, 6.07) is 15.6. The molecule has 142 valence electrons. The number of benzene rings is 2. The van der Waals surface area contributed by atoms with Crippen molar-refractivity contribution in [3.63, 3.8) is 0 Å². The lowest BCUT2D eigenvalue weighted by molar-refractivity contribution is -0.115. The third-order valence-corrected chi connectivity index (χ3v) is 5.28. The van der Waals surface area contributed by atoms with Crippen molar-refractivity contribution < 1.29 is 4.79 Å². The van der Waals surface area contributed by atoms with Gasteiger partial charge in [0.25, 0.3) is 5.91 Å². The lowest BCUT2D eigenvalue weighted by Crippen LogP contribution is -2.19. The molecule has 0 spiro atoms. The van der Waals surface area contributed by atoms with E-state index in [0.29, 0.717) is 10.1 Å². The fourth-order valence-corrected chi connectivity index (χ4v) is 3.74. The Kier molecular flexibility index (Phi) is 5.27. The van der Waals surface area contributed by atoms with Crippen LogP contribution in [0.1, 0.15) is 5.56 Å². The van der Waals surface area contributed by atoms with E-state index in [1.54, 1.807) is 0 Å². The number of hydrogen-bond acceptors (Lipinski definition) is 5. The molecule has 0 saturated carbocycles. The summed E-state index contributed by atoms with van der Waals surface area (Å²) in [7, 11) is 4.11. The van der Waals surface area contributed by atoms with Crippen LogP contribution in [0.15, 0.2) is 64.8 Å². The van der Waals surface area contributed by atoms with Crippen molar-refractivity contribution >= 4 is 45.6 Å². The quantitative estimate of drug-likeness (QED) is 0.677. The van der Waals surface area contributed by atoms with Gasteiger partial charge in [0.15, 0.2) is 5.17 Å². The highest BCUT2D eigenvalue weighted by Crippen LogP contribution is 2.28. The number of carbonyl (C=O) groups excluding carboxylic acids is 1. The summed E-state index contributed by atoms with van der Waals surface area (Å²) in [6.07, 6.45) is 3.77. The summed E-state index contributed by atoms with van der Waals surface area (Å²) in [5.74, 6) is -0.124. The molecule has 1 aliphatic rings. The van der Waals surface area contributed by atoms with Gasteiger partial charge in [-0.1, -0.05) is 24.3 Å². The predicted molar refractivity (Wildman–Crippen MR) is 116 cm³/mol. The third-order valence-electron chi connectivity index (χ3n) is 4.37. The summed E-state index contributed by atoms with van der Waals surface area (Å²) in [4.78, 5) is 24.1. The first-order valence-electron chi connectivity index (χ1n) is 9.03. The molecule has 1 fully saturated rings. The van der Waals surface area contributed by atoms with Crippen LogP contribution in [-0.4, -0.2) is 46.2 Å². The van der Waals surface area contributed by atoms with Crippen LogP contribution >= 0.6 is 11.8 Å². The number of rotatable bonds is 5. The molecule has 7 heteroatoms. The van der Waals surface area contributed by atoms with Gasteiger partial charge >= 0.3 is 0 Å². The molecule has 1 aromatic heterocycles. The molecule has 2 aromatic carbocycles. The van der Waals surface area contributed by atoms with Crippen molar-refractivity contribution in [3.8, 4) is 0 Å². The molecule has 1 saturated heterocycles. The van der Waals surface area contributed by atoms with E-state index in [0.717, 1.165) is 35.4 Å². The number of hydrogen-bond donors (Lipinski definition) is 1. The van der Waals surface area contributed by atoms with E-state index in [2.05, 4.69) is 44.9 Å². The van der Waals surface area contributed by atoms with E-state index in [4.69, 9.17) is 0 Å². The number of imidazole rings is 1. The molecular weight excluding hydrogens is 370 g/mol. The van der Waals surface area contributed by atoms with E-state index in [9.17, 15) is 4.79 Å². The van der Waals surface area contributed by atoms with E-state index < -0.39 is 0 Å². The maximum atomic E-state index is 12.3. The minimum Gasteiger partial charge on any atom is -0.329 e. The van der Waals surface area contributed by atoms with Crippen LogP contribution in [0.5, 0.6) is 0 Å². The lowest BCUT2D eigenvalue weighted by Gasteiger charge is -2.10. The zero-order chi connectivity index (χ0) is 19.5. The highest BCUT2D eigenvalue weighted by atomic mass is 32.2. The van der Waals surface area contributed by atoms with Crippen molar-refractivity contribution in [1.29, 1.82) is 0 Å². The highest BCUT2D eigenvalue weighted by Gasteiger charge is 2.23.